The van der Waals surface area contributed by atoms with Crippen molar-refractivity contribution in [3.63, 3.8) is 0 Å². The third-order valence-corrected chi connectivity index (χ3v) is 3.35. The Labute approximate surface area is 122 Å². The first-order chi connectivity index (χ1) is 8.13. The smallest absolute Gasteiger partial charge is 0.137 e. The second kappa shape index (κ2) is 8.58. The Morgan fingerprint density at radius 2 is 1.78 bits per heavy atom. The zero-order chi connectivity index (χ0) is 12.8. The van der Waals surface area contributed by atoms with E-state index in [2.05, 4.69) is 15.9 Å². The molecule has 1 atom stereocenters. The number of hydrogen-bond donors (Lipinski definition) is 2. The Bertz CT molecular complexity index is 351. The molecule has 1 aromatic rings. The molecule has 1 rings (SSSR count). The Balaban J connectivity index is 0.00000289. The molecule has 0 radical (unpaired) electrons. The summed E-state index contributed by atoms with van der Waals surface area (Å²) >= 11 is 3.41. The van der Waals surface area contributed by atoms with Gasteiger partial charge in [0, 0.05) is 12.6 Å². The number of ether oxygens (including phenoxy) is 2. The lowest BCUT2D eigenvalue weighted by molar-refractivity contribution is 0.280. The van der Waals surface area contributed by atoms with Gasteiger partial charge in [-0.2, -0.15) is 0 Å². The van der Waals surface area contributed by atoms with E-state index in [9.17, 15) is 0 Å². The van der Waals surface area contributed by atoms with Crippen LogP contribution >= 0.6 is 28.3 Å². The van der Waals surface area contributed by atoms with E-state index in [0.29, 0.717) is 17.9 Å². The molecule has 0 unspecified atom stereocenters. The van der Waals surface area contributed by atoms with Gasteiger partial charge in [0.15, 0.2) is 0 Å². The SMILES string of the molecule is COc1cc([C@@H](N)CCCO)cc(OC)c1Br.Cl. The maximum Gasteiger partial charge on any atom is 0.137 e. The third kappa shape index (κ3) is 4.31. The number of nitrogens with two attached hydrogens (primary N) is 1. The van der Waals surface area contributed by atoms with E-state index in [0.717, 1.165) is 16.5 Å². The molecule has 0 aliphatic carbocycles. The number of methoxy groups -OCH3 is 2. The predicted molar refractivity (Wildman–Crippen MR) is 77.7 cm³/mol. The number of aliphatic hydroxyl groups excluding tert-OH is 1. The lowest BCUT2D eigenvalue weighted by Gasteiger charge is -2.16. The average molecular weight is 341 g/mol. The first-order valence-electron chi connectivity index (χ1n) is 5.41. The minimum absolute atomic E-state index is 0. The van der Waals surface area contributed by atoms with E-state index in [4.69, 9.17) is 20.3 Å². The normalized spacial score (nSPS) is 11.6. The van der Waals surface area contributed by atoms with E-state index in [-0.39, 0.29) is 25.1 Å². The molecule has 0 aliphatic rings. The fraction of sp³-hybridized carbons (Fsp3) is 0.500. The highest BCUT2D eigenvalue weighted by Crippen LogP contribution is 2.37. The van der Waals surface area contributed by atoms with E-state index in [1.165, 1.54) is 0 Å². The molecule has 0 heterocycles. The van der Waals surface area contributed by atoms with Crippen LogP contribution in [0.2, 0.25) is 0 Å². The molecule has 104 valence electrons. The zero-order valence-electron chi connectivity index (χ0n) is 10.5. The van der Waals surface area contributed by atoms with Crippen molar-refractivity contribution in [2.75, 3.05) is 20.8 Å². The summed E-state index contributed by atoms with van der Waals surface area (Å²) in [6.07, 6.45) is 1.41. The highest BCUT2D eigenvalue weighted by molar-refractivity contribution is 9.10. The largest absolute Gasteiger partial charge is 0.495 e. The Hall–Kier alpha value is -0.490. The predicted octanol–water partition coefficient (Wildman–Crippen LogP) is 2.66. The van der Waals surface area contributed by atoms with Crippen molar-refractivity contribution in [3.8, 4) is 11.5 Å². The molecule has 0 aromatic heterocycles. The number of aliphatic hydroxyl groups is 1. The molecule has 0 amide bonds. The van der Waals surface area contributed by atoms with Crippen LogP contribution in [-0.4, -0.2) is 25.9 Å². The molecule has 0 aliphatic heterocycles. The van der Waals surface area contributed by atoms with Gasteiger partial charge >= 0.3 is 0 Å². The van der Waals surface area contributed by atoms with Gasteiger partial charge in [-0.1, -0.05) is 0 Å². The van der Waals surface area contributed by atoms with Crippen LogP contribution in [0, 0.1) is 0 Å². The number of rotatable bonds is 6. The van der Waals surface area contributed by atoms with Crippen molar-refractivity contribution in [2.45, 2.75) is 18.9 Å². The van der Waals surface area contributed by atoms with Gasteiger partial charge in [-0.05, 0) is 46.5 Å². The van der Waals surface area contributed by atoms with Crippen molar-refractivity contribution in [2.24, 2.45) is 5.73 Å². The van der Waals surface area contributed by atoms with Crippen LogP contribution < -0.4 is 15.2 Å². The summed E-state index contributed by atoms with van der Waals surface area (Å²) in [5.41, 5.74) is 6.98. The molecular weight excluding hydrogens is 321 g/mol. The monoisotopic (exact) mass is 339 g/mol. The van der Waals surface area contributed by atoms with Gasteiger partial charge in [0.2, 0.25) is 0 Å². The van der Waals surface area contributed by atoms with Gasteiger partial charge in [0.25, 0.3) is 0 Å². The fourth-order valence-corrected chi connectivity index (χ4v) is 2.13. The molecule has 0 spiro atoms. The molecule has 18 heavy (non-hydrogen) atoms. The molecule has 6 heteroatoms. The highest BCUT2D eigenvalue weighted by atomic mass is 79.9. The second-order valence-electron chi connectivity index (χ2n) is 3.71. The van der Waals surface area contributed by atoms with Crippen molar-refractivity contribution < 1.29 is 14.6 Å². The lowest BCUT2D eigenvalue weighted by Crippen LogP contribution is -2.11. The molecule has 0 fully saturated rings. The van der Waals surface area contributed by atoms with Crippen LogP contribution in [0.25, 0.3) is 0 Å². The fourth-order valence-electron chi connectivity index (χ4n) is 1.58. The van der Waals surface area contributed by atoms with Gasteiger partial charge in [0.05, 0.1) is 14.2 Å². The number of hydrogen-bond acceptors (Lipinski definition) is 4. The topological polar surface area (TPSA) is 64.7 Å². The lowest BCUT2D eigenvalue weighted by atomic mass is 10.0. The van der Waals surface area contributed by atoms with Crippen LogP contribution in [0.15, 0.2) is 16.6 Å². The van der Waals surface area contributed by atoms with Crippen molar-refractivity contribution in [1.29, 1.82) is 0 Å². The third-order valence-electron chi connectivity index (χ3n) is 2.57. The van der Waals surface area contributed by atoms with Gasteiger partial charge in [-0.15, -0.1) is 12.4 Å². The first-order valence-corrected chi connectivity index (χ1v) is 6.21. The maximum absolute atomic E-state index is 8.80. The summed E-state index contributed by atoms with van der Waals surface area (Å²) in [6.45, 7) is 0.151. The minimum Gasteiger partial charge on any atom is -0.495 e. The Morgan fingerprint density at radius 3 is 2.17 bits per heavy atom. The maximum atomic E-state index is 8.80. The summed E-state index contributed by atoms with van der Waals surface area (Å²) in [7, 11) is 3.20. The van der Waals surface area contributed by atoms with Gasteiger partial charge in [0.1, 0.15) is 16.0 Å². The van der Waals surface area contributed by atoms with Crippen LogP contribution in [-0.2, 0) is 0 Å². The Kier molecular flexibility index (Phi) is 8.35. The summed E-state index contributed by atoms with van der Waals surface area (Å²) in [6, 6.07) is 3.64. The molecule has 1 aromatic carbocycles. The summed E-state index contributed by atoms with van der Waals surface area (Å²) in [4.78, 5) is 0. The Morgan fingerprint density at radius 1 is 1.28 bits per heavy atom. The minimum atomic E-state index is -0.127. The zero-order valence-corrected chi connectivity index (χ0v) is 12.9. The van der Waals surface area contributed by atoms with Crippen LogP contribution in [0.3, 0.4) is 0 Å². The summed E-state index contributed by atoms with van der Waals surface area (Å²) in [5, 5.41) is 8.80. The van der Waals surface area contributed by atoms with Crippen molar-refractivity contribution in [3.05, 3.63) is 22.2 Å². The number of benzene rings is 1. The van der Waals surface area contributed by atoms with Crippen LogP contribution in [0.1, 0.15) is 24.4 Å². The summed E-state index contributed by atoms with van der Waals surface area (Å²) < 4.78 is 11.3. The van der Waals surface area contributed by atoms with Gasteiger partial charge < -0.3 is 20.3 Å². The standard InChI is InChI=1S/C12H18BrNO3.ClH/c1-16-10-6-8(9(14)4-3-5-15)7-11(17-2)12(10)13;/h6-7,9,15H,3-5,14H2,1-2H3;1H/t9-;/m0./s1. The average Bonchev–Trinajstić information content (AvgIpc) is 2.36. The molecule has 0 saturated heterocycles. The van der Waals surface area contributed by atoms with E-state index >= 15 is 0 Å². The quantitative estimate of drug-likeness (QED) is 0.835. The van der Waals surface area contributed by atoms with E-state index in [1.54, 1.807) is 14.2 Å². The molecule has 4 nitrogen and oxygen atoms in total. The second-order valence-corrected chi connectivity index (χ2v) is 4.50. The first kappa shape index (κ1) is 17.5. The van der Waals surface area contributed by atoms with Crippen molar-refractivity contribution in [1.82, 2.24) is 0 Å². The van der Waals surface area contributed by atoms with Crippen LogP contribution in [0.5, 0.6) is 11.5 Å². The molecule has 3 N–H and O–H groups in total. The van der Waals surface area contributed by atoms with Crippen molar-refractivity contribution >= 4 is 28.3 Å². The summed E-state index contributed by atoms with van der Waals surface area (Å²) in [5.74, 6) is 1.39. The van der Waals surface area contributed by atoms with Gasteiger partial charge in [-0.3, -0.25) is 0 Å². The van der Waals surface area contributed by atoms with Gasteiger partial charge in [-0.25, -0.2) is 0 Å². The van der Waals surface area contributed by atoms with Crippen LogP contribution in [0.4, 0.5) is 0 Å². The van der Waals surface area contributed by atoms with E-state index in [1.807, 2.05) is 12.1 Å². The van der Waals surface area contributed by atoms with E-state index < -0.39 is 0 Å². The number of halogens is 2. The molecule has 0 bridgehead atoms. The highest BCUT2D eigenvalue weighted by Gasteiger charge is 2.13. The molecule has 0 saturated carbocycles. The molecular formula is C12H19BrClNO3.